The molecule has 0 radical (unpaired) electrons. The number of halogens is 2. The fourth-order valence-electron chi connectivity index (χ4n) is 3.20. The highest BCUT2D eigenvalue weighted by molar-refractivity contribution is 5.83. The number of carbonyl (C=O) groups excluding carboxylic acids is 1. The van der Waals surface area contributed by atoms with Crippen LogP contribution in [-0.4, -0.2) is 23.9 Å². The number of benzene rings is 2. The molecule has 2 unspecified atom stereocenters. The Balaban J connectivity index is 1.71. The third-order valence-corrected chi connectivity index (χ3v) is 4.63. The maximum atomic E-state index is 13.9. The molecule has 3 rings (SSSR count). The number of nitrogens with zero attached hydrogens (tertiary/aromatic N) is 1. The predicted octanol–water partition coefficient (Wildman–Crippen LogP) is 3.45. The van der Waals surface area contributed by atoms with Gasteiger partial charge in [-0.25, -0.2) is 8.78 Å². The summed E-state index contributed by atoms with van der Waals surface area (Å²) in [5, 5.41) is 0. The van der Waals surface area contributed by atoms with Gasteiger partial charge in [0.1, 0.15) is 11.6 Å². The van der Waals surface area contributed by atoms with Gasteiger partial charge in [-0.3, -0.25) is 4.79 Å². The Labute approximate surface area is 146 Å². The average Bonchev–Trinajstić information content (AvgIpc) is 3.41. The summed E-state index contributed by atoms with van der Waals surface area (Å²) in [7, 11) is 0. The minimum Gasteiger partial charge on any atom is -0.338 e. The highest BCUT2D eigenvalue weighted by Gasteiger charge is 2.46. The van der Waals surface area contributed by atoms with Crippen LogP contribution in [0.2, 0.25) is 0 Å². The van der Waals surface area contributed by atoms with Gasteiger partial charge in [0.15, 0.2) is 0 Å². The van der Waals surface area contributed by atoms with E-state index >= 15 is 0 Å². The monoisotopic (exact) mass is 344 g/mol. The van der Waals surface area contributed by atoms with Crippen molar-refractivity contribution in [2.24, 2.45) is 11.7 Å². The lowest BCUT2D eigenvalue weighted by Crippen LogP contribution is -2.34. The molecule has 2 aromatic carbocycles. The number of hydrogen-bond donors (Lipinski definition) is 1. The lowest BCUT2D eigenvalue weighted by Gasteiger charge is -2.23. The Hall–Kier alpha value is -2.27. The molecule has 0 bridgehead atoms. The van der Waals surface area contributed by atoms with Crippen LogP contribution in [0.25, 0.3) is 0 Å². The molecule has 132 valence electrons. The van der Waals surface area contributed by atoms with Crippen LogP contribution >= 0.6 is 0 Å². The molecule has 5 heteroatoms. The van der Waals surface area contributed by atoms with E-state index in [1.54, 1.807) is 4.90 Å². The van der Waals surface area contributed by atoms with Crippen LogP contribution in [0.15, 0.2) is 48.5 Å². The molecule has 0 aromatic heterocycles. The zero-order valence-electron chi connectivity index (χ0n) is 14.0. The van der Waals surface area contributed by atoms with Crippen molar-refractivity contribution < 1.29 is 13.6 Å². The fourth-order valence-corrected chi connectivity index (χ4v) is 3.20. The van der Waals surface area contributed by atoms with E-state index in [9.17, 15) is 13.6 Å². The molecule has 2 atom stereocenters. The van der Waals surface area contributed by atoms with Crippen molar-refractivity contribution in [3.8, 4) is 0 Å². The number of rotatable bonds is 7. The van der Waals surface area contributed by atoms with E-state index < -0.39 is 11.6 Å². The van der Waals surface area contributed by atoms with Crippen molar-refractivity contribution in [2.45, 2.75) is 25.3 Å². The van der Waals surface area contributed by atoms with E-state index in [1.807, 2.05) is 30.3 Å². The first-order valence-electron chi connectivity index (χ1n) is 8.58. The van der Waals surface area contributed by atoms with Crippen LogP contribution in [0, 0.1) is 17.6 Å². The quantitative estimate of drug-likeness (QED) is 0.836. The van der Waals surface area contributed by atoms with Crippen molar-refractivity contribution in [2.75, 3.05) is 13.1 Å². The molecule has 0 saturated heterocycles. The molecule has 0 spiro atoms. The zero-order valence-corrected chi connectivity index (χ0v) is 14.0. The highest BCUT2D eigenvalue weighted by atomic mass is 19.1. The van der Waals surface area contributed by atoms with Crippen molar-refractivity contribution in [1.29, 1.82) is 0 Å². The summed E-state index contributed by atoms with van der Waals surface area (Å²) in [4.78, 5) is 14.6. The number of amides is 1. The van der Waals surface area contributed by atoms with Crippen LogP contribution in [0.1, 0.15) is 29.9 Å². The summed E-state index contributed by atoms with van der Waals surface area (Å²) in [5.41, 5.74) is 6.93. The third kappa shape index (κ3) is 4.23. The van der Waals surface area contributed by atoms with Gasteiger partial charge in [-0.1, -0.05) is 30.3 Å². The second-order valence-corrected chi connectivity index (χ2v) is 6.50. The summed E-state index contributed by atoms with van der Waals surface area (Å²) in [5.74, 6) is -1.44. The zero-order chi connectivity index (χ0) is 17.8. The SMILES string of the molecule is NCCCN(Cc1ccccc1)C(=O)C1CC1c1cc(F)ccc1F. The molecular weight excluding hydrogens is 322 g/mol. The Morgan fingerprint density at radius 3 is 2.64 bits per heavy atom. The number of carbonyl (C=O) groups is 1. The Kier molecular flexibility index (Phi) is 5.43. The van der Waals surface area contributed by atoms with Gasteiger partial charge in [0.05, 0.1) is 0 Å². The number of nitrogens with two attached hydrogens (primary N) is 1. The fraction of sp³-hybridized carbons (Fsp3) is 0.350. The molecule has 3 nitrogen and oxygen atoms in total. The Morgan fingerprint density at radius 2 is 1.92 bits per heavy atom. The molecular formula is C20H22F2N2O. The van der Waals surface area contributed by atoms with Gasteiger partial charge in [-0.05, 0) is 54.6 Å². The molecule has 2 N–H and O–H groups in total. The van der Waals surface area contributed by atoms with Crippen molar-refractivity contribution in [1.82, 2.24) is 4.90 Å². The standard InChI is InChI=1S/C20H22F2N2O/c21-15-7-8-19(22)17(11-15)16-12-18(16)20(25)24(10-4-9-23)13-14-5-2-1-3-6-14/h1-3,5-8,11,16,18H,4,9-10,12-13,23H2. The predicted molar refractivity (Wildman–Crippen MR) is 92.7 cm³/mol. The van der Waals surface area contributed by atoms with Crippen molar-refractivity contribution in [3.05, 3.63) is 71.3 Å². The molecule has 0 aliphatic heterocycles. The maximum Gasteiger partial charge on any atom is 0.226 e. The van der Waals surface area contributed by atoms with Gasteiger partial charge in [-0.15, -0.1) is 0 Å². The molecule has 1 aliphatic carbocycles. The van der Waals surface area contributed by atoms with Crippen LogP contribution in [0.4, 0.5) is 8.78 Å². The normalized spacial score (nSPS) is 18.8. The van der Waals surface area contributed by atoms with Crippen LogP contribution in [0.5, 0.6) is 0 Å². The molecule has 1 amide bonds. The van der Waals surface area contributed by atoms with Gasteiger partial charge in [-0.2, -0.15) is 0 Å². The first-order valence-corrected chi connectivity index (χ1v) is 8.58. The molecule has 25 heavy (non-hydrogen) atoms. The minimum atomic E-state index is -0.473. The molecule has 2 aromatic rings. The topological polar surface area (TPSA) is 46.3 Å². The van der Waals surface area contributed by atoms with Gasteiger partial charge in [0.25, 0.3) is 0 Å². The van der Waals surface area contributed by atoms with E-state index in [4.69, 9.17) is 5.73 Å². The van der Waals surface area contributed by atoms with Gasteiger partial charge in [0, 0.05) is 19.0 Å². The first kappa shape index (κ1) is 17.5. The van der Waals surface area contributed by atoms with E-state index in [0.717, 1.165) is 17.7 Å². The Morgan fingerprint density at radius 1 is 1.16 bits per heavy atom. The lowest BCUT2D eigenvalue weighted by molar-refractivity contribution is -0.133. The van der Waals surface area contributed by atoms with E-state index in [0.29, 0.717) is 38.0 Å². The highest BCUT2D eigenvalue weighted by Crippen LogP contribution is 2.49. The van der Waals surface area contributed by atoms with Gasteiger partial charge in [0.2, 0.25) is 5.91 Å². The summed E-state index contributed by atoms with van der Waals surface area (Å²) >= 11 is 0. The van der Waals surface area contributed by atoms with E-state index in [-0.39, 0.29) is 17.7 Å². The smallest absolute Gasteiger partial charge is 0.226 e. The van der Waals surface area contributed by atoms with Crippen LogP contribution in [-0.2, 0) is 11.3 Å². The first-order chi connectivity index (χ1) is 12.1. The lowest BCUT2D eigenvalue weighted by atomic mass is 10.1. The molecule has 1 saturated carbocycles. The van der Waals surface area contributed by atoms with Crippen molar-refractivity contribution >= 4 is 5.91 Å². The Bertz CT molecular complexity index is 736. The van der Waals surface area contributed by atoms with Gasteiger partial charge >= 0.3 is 0 Å². The second kappa shape index (κ2) is 7.74. The summed E-state index contributed by atoms with van der Waals surface area (Å²) in [6, 6.07) is 13.2. The van der Waals surface area contributed by atoms with Crippen LogP contribution in [0.3, 0.4) is 0 Å². The number of hydrogen-bond acceptors (Lipinski definition) is 2. The second-order valence-electron chi connectivity index (χ2n) is 6.50. The third-order valence-electron chi connectivity index (χ3n) is 4.63. The van der Waals surface area contributed by atoms with Gasteiger partial charge < -0.3 is 10.6 Å². The summed E-state index contributed by atoms with van der Waals surface area (Å²) < 4.78 is 27.3. The van der Waals surface area contributed by atoms with E-state index in [2.05, 4.69) is 0 Å². The summed E-state index contributed by atoms with van der Waals surface area (Å²) in [6.45, 7) is 1.58. The molecule has 1 fully saturated rings. The summed E-state index contributed by atoms with van der Waals surface area (Å²) in [6.07, 6.45) is 1.28. The van der Waals surface area contributed by atoms with Crippen molar-refractivity contribution in [3.63, 3.8) is 0 Å². The largest absolute Gasteiger partial charge is 0.338 e. The van der Waals surface area contributed by atoms with E-state index in [1.165, 1.54) is 6.07 Å². The minimum absolute atomic E-state index is 0.00837. The average molecular weight is 344 g/mol. The van der Waals surface area contributed by atoms with Crippen LogP contribution < -0.4 is 5.73 Å². The molecule has 0 heterocycles. The molecule has 1 aliphatic rings. The maximum absolute atomic E-state index is 13.9.